The number of pyridine rings is 2. The fourth-order valence-electron chi connectivity index (χ4n) is 9.87. The maximum absolute atomic E-state index is 4.78. The van der Waals surface area contributed by atoms with Gasteiger partial charge in [-0.1, -0.05) is 66.7 Å². The summed E-state index contributed by atoms with van der Waals surface area (Å²) >= 11 is 1.93. The molecule has 0 radical (unpaired) electrons. The number of aromatic nitrogens is 3. The second-order valence-corrected chi connectivity index (χ2v) is 15.6. The summed E-state index contributed by atoms with van der Waals surface area (Å²) in [6, 6.07) is 48.1. The monoisotopic (exact) mass is 671 g/mol. The van der Waals surface area contributed by atoms with Gasteiger partial charge in [-0.2, -0.15) is 9.13 Å². The molecule has 240 valence electrons. The number of fused-ring (bicyclic) bond motifs is 19. The summed E-state index contributed by atoms with van der Waals surface area (Å²) in [6.07, 6.45) is 7.43. The lowest BCUT2D eigenvalue weighted by Crippen LogP contribution is -2.49. The Kier molecular flexibility index (Phi) is 5.54. The van der Waals surface area contributed by atoms with Gasteiger partial charge in [-0.15, -0.1) is 11.3 Å². The van der Waals surface area contributed by atoms with Crippen LogP contribution in [-0.2, 0) is 6.42 Å². The quantitative estimate of drug-likeness (QED) is 0.142. The number of para-hydroxylation sites is 1. The number of hydrogen-bond donors (Lipinski definition) is 0. The van der Waals surface area contributed by atoms with Gasteiger partial charge in [0, 0.05) is 72.8 Å². The first-order valence-corrected chi connectivity index (χ1v) is 18.9. The van der Waals surface area contributed by atoms with Crippen molar-refractivity contribution in [1.82, 2.24) is 4.40 Å². The fourth-order valence-corrected chi connectivity index (χ4v) is 11.1. The number of rotatable bonds is 0. The highest BCUT2D eigenvalue weighted by atomic mass is 32.1. The molecule has 0 bridgehead atoms. The summed E-state index contributed by atoms with van der Waals surface area (Å²) in [7, 11) is 0. The highest BCUT2D eigenvalue weighted by Crippen LogP contribution is 2.48. The predicted molar refractivity (Wildman–Crippen MR) is 212 cm³/mol. The largest absolute Gasteiger partial charge is 0.307 e. The molecule has 2 aliphatic heterocycles. The van der Waals surface area contributed by atoms with Gasteiger partial charge in [-0.3, -0.25) is 0 Å². The topological polar surface area (TPSA) is 12.2 Å². The molecule has 51 heavy (non-hydrogen) atoms. The van der Waals surface area contributed by atoms with E-state index in [0.29, 0.717) is 5.92 Å². The fraction of sp³-hybridized carbons (Fsp3) is 0.106. The molecule has 2 atom stereocenters. The molecule has 12 rings (SSSR count). The lowest BCUT2D eigenvalue weighted by atomic mass is 9.77. The minimum atomic E-state index is 0.277. The van der Waals surface area contributed by atoms with E-state index in [1.807, 2.05) is 11.3 Å². The number of allylic oxidation sites excluding steroid dienone is 1. The molecule has 0 aliphatic carbocycles. The average Bonchev–Trinajstić information content (AvgIpc) is 3.84. The van der Waals surface area contributed by atoms with Crippen LogP contribution in [0, 0.1) is 0 Å². The van der Waals surface area contributed by atoms with Gasteiger partial charge in [0.1, 0.15) is 0 Å². The van der Waals surface area contributed by atoms with E-state index in [1.165, 1.54) is 91.9 Å². The third-order valence-corrected chi connectivity index (χ3v) is 13.2. The second-order valence-electron chi connectivity index (χ2n) is 14.5. The first-order chi connectivity index (χ1) is 25.2. The summed E-state index contributed by atoms with van der Waals surface area (Å²) < 4.78 is 10.2. The zero-order chi connectivity index (χ0) is 33.4. The van der Waals surface area contributed by atoms with Crippen LogP contribution in [0.4, 0.5) is 0 Å². The van der Waals surface area contributed by atoms with Crippen LogP contribution in [0.5, 0.6) is 0 Å². The predicted octanol–water partition coefficient (Wildman–Crippen LogP) is 11.3. The average molecular weight is 672 g/mol. The van der Waals surface area contributed by atoms with Crippen LogP contribution in [-0.4, -0.2) is 4.40 Å². The van der Waals surface area contributed by atoms with Crippen LogP contribution in [0.3, 0.4) is 0 Å². The Bertz CT molecular complexity index is 3110. The molecule has 3 nitrogen and oxygen atoms in total. The maximum atomic E-state index is 4.78. The number of thiophene rings is 1. The molecule has 0 spiro atoms. The minimum absolute atomic E-state index is 0.277. The van der Waals surface area contributed by atoms with Gasteiger partial charge in [-0.05, 0) is 66.9 Å². The van der Waals surface area contributed by atoms with Crippen LogP contribution in [0.1, 0.15) is 35.9 Å². The first kappa shape index (κ1) is 27.9. The van der Waals surface area contributed by atoms with E-state index in [1.54, 1.807) is 0 Å². The van der Waals surface area contributed by atoms with Crippen molar-refractivity contribution in [2.75, 3.05) is 0 Å². The summed E-state index contributed by atoms with van der Waals surface area (Å²) in [5.74, 6) is 0.360. The van der Waals surface area contributed by atoms with Gasteiger partial charge < -0.3 is 4.40 Å². The smallest absolute Gasteiger partial charge is 0.218 e. The molecule has 0 amide bonds. The summed E-state index contributed by atoms with van der Waals surface area (Å²) in [4.78, 5) is 0. The minimum Gasteiger partial charge on any atom is -0.307 e. The third-order valence-electron chi connectivity index (χ3n) is 12.0. The van der Waals surface area contributed by atoms with Gasteiger partial charge in [-0.25, -0.2) is 0 Å². The SMILES string of the molecule is C=C1CC2C(CCc3cc4c(cc3-c3cccc[n+]31)c1cccc3c5ccc6c7ccccc7sc6c5n4c13)c1ccccc1-c1cccc[n+]12. The van der Waals surface area contributed by atoms with E-state index < -0.39 is 0 Å². The summed E-state index contributed by atoms with van der Waals surface area (Å²) in [5.41, 5.74) is 13.1. The zero-order valence-electron chi connectivity index (χ0n) is 28.0. The molecule has 2 unspecified atom stereocenters. The Morgan fingerprint density at radius 2 is 1.37 bits per heavy atom. The van der Waals surface area contributed by atoms with Crippen molar-refractivity contribution in [1.29, 1.82) is 0 Å². The van der Waals surface area contributed by atoms with Gasteiger partial charge in [0.15, 0.2) is 24.1 Å². The van der Waals surface area contributed by atoms with E-state index in [9.17, 15) is 0 Å². The van der Waals surface area contributed by atoms with Crippen molar-refractivity contribution in [3.05, 3.63) is 157 Å². The molecule has 5 aromatic heterocycles. The van der Waals surface area contributed by atoms with Crippen molar-refractivity contribution >= 4 is 75.3 Å². The third kappa shape index (κ3) is 3.67. The van der Waals surface area contributed by atoms with Crippen molar-refractivity contribution in [2.45, 2.75) is 31.2 Å². The molecule has 10 aromatic rings. The van der Waals surface area contributed by atoms with E-state index >= 15 is 0 Å². The standard InChI is InChI=1S/C47H33N3S/c1-28-25-42-32(30-11-2-3-12-31(30)40-16-7-9-24-49(40)42)20-19-29-26-43-39(27-38(29)41-17-6-8-23-48(28)41)35-15-10-14-34-36-21-22-37-33-13-4-5-18-44(33)51-47(37)46(36)50(43)45(34)35/h2-18,21-24,26-27,32,42H,1,19-20,25H2/q+2. The highest BCUT2D eigenvalue weighted by Gasteiger charge is 2.42. The molecule has 0 fully saturated rings. The van der Waals surface area contributed by atoms with Crippen molar-refractivity contribution in [2.24, 2.45) is 0 Å². The van der Waals surface area contributed by atoms with Crippen LogP contribution in [0.25, 0.3) is 86.5 Å². The van der Waals surface area contributed by atoms with Crippen LogP contribution >= 0.6 is 11.3 Å². The molecule has 4 heteroatoms. The Balaban J connectivity index is 1.16. The first-order valence-electron chi connectivity index (χ1n) is 18.1. The molecular formula is C47H33N3S+2. The molecule has 0 N–H and O–H groups in total. The van der Waals surface area contributed by atoms with Gasteiger partial charge in [0.25, 0.3) is 0 Å². The molecular weight excluding hydrogens is 639 g/mol. The molecule has 0 saturated carbocycles. The lowest BCUT2D eigenvalue weighted by molar-refractivity contribution is -0.720. The number of benzene rings is 5. The zero-order valence-corrected chi connectivity index (χ0v) is 28.8. The summed E-state index contributed by atoms with van der Waals surface area (Å²) in [5, 5.41) is 8.00. The Hall–Kier alpha value is -5.84. The Morgan fingerprint density at radius 1 is 0.627 bits per heavy atom. The molecule has 5 aromatic carbocycles. The van der Waals surface area contributed by atoms with Gasteiger partial charge >= 0.3 is 0 Å². The normalized spacial score (nSPS) is 17.2. The molecule has 0 saturated heterocycles. The van der Waals surface area contributed by atoms with E-state index in [0.717, 1.165) is 25.0 Å². The van der Waals surface area contributed by atoms with Crippen LogP contribution in [0.15, 0.2) is 146 Å². The van der Waals surface area contributed by atoms with Crippen LogP contribution < -0.4 is 9.13 Å². The van der Waals surface area contributed by atoms with E-state index in [-0.39, 0.29) is 6.04 Å². The van der Waals surface area contributed by atoms with E-state index in [2.05, 4.69) is 153 Å². The highest BCUT2D eigenvalue weighted by molar-refractivity contribution is 7.26. The van der Waals surface area contributed by atoms with Gasteiger partial charge in [0.05, 0.1) is 33.2 Å². The maximum Gasteiger partial charge on any atom is 0.218 e. The molecule has 2 aliphatic rings. The second kappa shape index (κ2) is 10.1. The van der Waals surface area contributed by atoms with Crippen molar-refractivity contribution in [3.63, 3.8) is 0 Å². The lowest BCUT2D eigenvalue weighted by Gasteiger charge is -2.31. The number of nitrogens with zero attached hydrogens (tertiary/aromatic N) is 3. The number of hydrogen-bond acceptors (Lipinski definition) is 1. The number of aryl methyl sites for hydroxylation is 1. The van der Waals surface area contributed by atoms with Crippen LogP contribution in [0.2, 0.25) is 0 Å². The van der Waals surface area contributed by atoms with E-state index in [4.69, 9.17) is 6.58 Å². The Labute approximate surface area is 298 Å². The molecule has 7 heterocycles. The van der Waals surface area contributed by atoms with Crippen molar-refractivity contribution < 1.29 is 9.13 Å². The van der Waals surface area contributed by atoms with Gasteiger partial charge in [0.2, 0.25) is 11.4 Å². The van der Waals surface area contributed by atoms with Crippen molar-refractivity contribution in [3.8, 4) is 22.5 Å². The summed E-state index contributed by atoms with van der Waals surface area (Å²) in [6.45, 7) is 4.78. The Morgan fingerprint density at radius 3 is 2.31 bits per heavy atom.